The van der Waals surface area contributed by atoms with Gasteiger partial charge in [0.25, 0.3) is 0 Å². The summed E-state index contributed by atoms with van der Waals surface area (Å²) >= 11 is 0. The third-order valence-corrected chi connectivity index (χ3v) is 6.22. The van der Waals surface area contributed by atoms with Gasteiger partial charge in [-0.25, -0.2) is 8.42 Å². The Morgan fingerprint density at radius 1 is 1.24 bits per heavy atom. The van der Waals surface area contributed by atoms with E-state index in [9.17, 15) is 18.3 Å². The van der Waals surface area contributed by atoms with Crippen LogP contribution in [-0.2, 0) is 14.6 Å². The summed E-state index contributed by atoms with van der Waals surface area (Å²) in [5.41, 5.74) is 0. The summed E-state index contributed by atoms with van der Waals surface area (Å²) in [5.74, 6) is 0.523. The minimum Gasteiger partial charge on any atom is -0.395 e. The van der Waals surface area contributed by atoms with Gasteiger partial charge in [0, 0.05) is 19.1 Å². The molecule has 0 unspecified atom stereocenters. The summed E-state index contributed by atoms with van der Waals surface area (Å²) in [6.45, 7) is 0.988. The minimum atomic E-state index is -3.08. The molecule has 2 aliphatic rings. The van der Waals surface area contributed by atoms with Gasteiger partial charge in [0.2, 0.25) is 5.91 Å². The van der Waals surface area contributed by atoms with E-state index in [1.807, 2.05) is 0 Å². The molecule has 1 saturated carbocycles. The molecule has 1 aliphatic heterocycles. The molecule has 0 aromatic heterocycles. The zero-order chi connectivity index (χ0) is 15.3. The Balaban J connectivity index is 1.76. The van der Waals surface area contributed by atoms with Crippen LogP contribution in [0, 0.1) is 5.92 Å². The van der Waals surface area contributed by atoms with Gasteiger partial charge in [-0.15, -0.1) is 0 Å². The van der Waals surface area contributed by atoms with Crippen molar-refractivity contribution in [3.05, 3.63) is 0 Å². The molecule has 1 heterocycles. The van der Waals surface area contributed by atoms with Crippen molar-refractivity contribution >= 4 is 15.7 Å². The number of rotatable bonds is 5. The van der Waals surface area contributed by atoms with E-state index in [0.29, 0.717) is 12.5 Å². The molecule has 1 amide bonds. The van der Waals surface area contributed by atoms with Crippen LogP contribution in [0.3, 0.4) is 0 Å². The minimum absolute atomic E-state index is 0.0561. The Labute approximate surface area is 126 Å². The summed E-state index contributed by atoms with van der Waals surface area (Å²) in [6.07, 6.45) is 6.15. The fraction of sp³-hybridized carbons (Fsp3) is 0.929. The number of nitrogens with one attached hydrogen (secondary N) is 1. The maximum atomic E-state index is 12.0. The molecular weight excluding hydrogens is 292 g/mol. The van der Waals surface area contributed by atoms with Gasteiger partial charge in [-0.1, -0.05) is 19.3 Å². The Bertz CT molecular complexity index is 446. The van der Waals surface area contributed by atoms with Gasteiger partial charge in [0.05, 0.1) is 24.7 Å². The number of nitrogens with zero attached hydrogens (tertiary/aromatic N) is 1. The first kappa shape index (κ1) is 16.7. The monoisotopic (exact) mass is 318 g/mol. The highest BCUT2D eigenvalue weighted by molar-refractivity contribution is 7.91. The van der Waals surface area contributed by atoms with Crippen LogP contribution in [0.5, 0.6) is 0 Å². The van der Waals surface area contributed by atoms with Gasteiger partial charge in [0.15, 0.2) is 9.84 Å². The summed E-state index contributed by atoms with van der Waals surface area (Å²) < 4.78 is 23.1. The van der Waals surface area contributed by atoms with Crippen molar-refractivity contribution in [2.45, 2.75) is 38.1 Å². The molecule has 2 N–H and O–H groups in total. The first-order chi connectivity index (χ1) is 10.00. The number of aliphatic hydroxyl groups is 1. The summed E-state index contributed by atoms with van der Waals surface area (Å²) in [5, 5.41) is 12.3. The van der Waals surface area contributed by atoms with Crippen molar-refractivity contribution in [3.63, 3.8) is 0 Å². The first-order valence-corrected chi connectivity index (χ1v) is 9.64. The van der Waals surface area contributed by atoms with E-state index in [-0.39, 0.29) is 30.6 Å². The molecule has 2 fully saturated rings. The lowest BCUT2D eigenvalue weighted by Gasteiger charge is -2.33. The molecule has 2 rings (SSSR count). The molecule has 0 radical (unpaired) electrons. The van der Waals surface area contributed by atoms with Crippen molar-refractivity contribution in [3.8, 4) is 0 Å². The van der Waals surface area contributed by atoms with Gasteiger partial charge in [-0.2, -0.15) is 0 Å². The molecule has 0 aromatic rings. The molecule has 1 saturated heterocycles. The van der Waals surface area contributed by atoms with Crippen LogP contribution < -0.4 is 5.32 Å². The second-order valence-corrected chi connectivity index (χ2v) is 8.46. The zero-order valence-corrected chi connectivity index (χ0v) is 13.3. The van der Waals surface area contributed by atoms with Crippen LogP contribution in [0.1, 0.15) is 32.1 Å². The van der Waals surface area contributed by atoms with Crippen LogP contribution in [0.15, 0.2) is 0 Å². The van der Waals surface area contributed by atoms with Gasteiger partial charge < -0.3 is 10.4 Å². The molecule has 21 heavy (non-hydrogen) atoms. The van der Waals surface area contributed by atoms with Crippen molar-refractivity contribution in [1.29, 1.82) is 0 Å². The first-order valence-electron chi connectivity index (χ1n) is 7.82. The fourth-order valence-corrected chi connectivity index (χ4v) is 4.77. The predicted molar refractivity (Wildman–Crippen MR) is 80.7 cm³/mol. The zero-order valence-electron chi connectivity index (χ0n) is 12.5. The van der Waals surface area contributed by atoms with Gasteiger partial charge in [0.1, 0.15) is 0 Å². The SMILES string of the molecule is O=C(CN1CCS(=O)(=O)C[C@@H]1CO)NCC1CCCCC1. The van der Waals surface area contributed by atoms with Crippen molar-refractivity contribution in [1.82, 2.24) is 10.2 Å². The van der Waals surface area contributed by atoms with Crippen LogP contribution in [0.25, 0.3) is 0 Å². The molecule has 0 bridgehead atoms. The Morgan fingerprint density at radius 2 is 1.95 bits per heavy atom. The highest BCUT2D eigenvalue weighted by Gasteiger charge is 2.31. The molecule has 7 heteroatoms. The molecule has 1 aliphatic carbocycles. The second kappa shape index (κ2) is 7.56. The summed E-state index contributed by atoms with van der Waals surface area (Å²) in [6, 6.07) is -0.454. The van der Waals surface area contributed by atoms with E-state index < -0.39 is 15.9 Å². The average Bonchev–Trinajstić information content (AvgIpc) is 2.48. The van der Waals surface area contributed by atoms with Crippen LogP contribution in [-0.4, -0.2) is 68.1 Å². The van der Waals surface area contributed by atoms with Gasteiger partial charge in [-0.3, -0.25) is 9.69 Å². The largest absolute Gasteiger partial charge is 0.395 e. The molecule has 122 valence electrons. The van der Waals surface area contributed by atoms with Crippen LogP contribution >= 0.6 is 0 Å². The molecular formula is C14H26N2O4S. The topological polar surface area (TPSA) is 86.7 Å². The smallest absolute Gasteiger partial charge is 0.234 e. The third-order valence-electron chi connectivity index (χ3n) is 4.52. The predicted octanol–water partition coefficient (Wildman–Crippen LogP) is -0.226. The highest BCUT2D eigenvalue weighted by atomic mass is 32.2. The number of aliphatic hydroxyl groups excluding tert-OH is 1. The molecule has 1 atom stereocenters. The Kier molecular flexibility index (Phi) is 6.01. The summed E-state index contributed by atoms with van der Waals surface area (Å²) in [4.78, 5) is 13.8. The second-order valence-electron chi connectivity index (χ2n) is 6.23. The number of amides is 1. The third kappa shape index (κ3) is 5.23. The molecule has 0 spiro atoms. The quantitative estimate of drug-likeness (QED) is 0.731. The number of sulfone groups is 1. The maximum Gasteiger partial charge on any atom is 0.234 e. The normalized spacial score (nSPS) is 27.4. The molecule has 6 nitrogen and oxygen atoms in total. The van der Waals surface area contributed by atoms with E-state index in [1.54, 1.807) is 4.90 Å². The lowest BCUT2D eigenvalue weighted by Crippen LogP contribution is -2.53. The van der Waals surface area contributed by atoms with E-state index in [1.165, 1.54) is 32.1 Å². The van der Waals surface area contributed by atoms with E-state index in [2.05, 4.69) is 5.32 Å². The average molecular weight is 318 g/mol. The van der Waals surface area contributed by atoms with Crippen molar-refractivity contribution in [2.24, 2.45) is 5.92 Å². The van der Waals surface area contributed by atoms with E-state index >= 15 is 0 Å². The lowest BCUT2D eigenvalue weighted by atomic mass is 9.89. The Hall–Kier alpha value is -0.660. The standard InChI is InChI=1S/C14H26N2O4S/c17-10-13-11-21(19,20)7-6-16(13)9-14(18)15-8-12-4-2-1-3-5-12/h12-13,17H,1-11H2,(H,15,18)/t13-/m0/s1. The van der Waals surface area contributed by atoms with Crippen LogP contribution in [0.4, 0.5) is 0 Å². The van der Waals surface area contributed by atoms with Gasteiger partial charge >= 0.3 is 0 Å². The Morgan fingerprint density at radius 3 is 2.62 bits per heavy atom. The van der Waals surface area contributed by atoms with Crippen LogP contribution in [0.2, 0.25) is 0 Å². The number of carbonyl (C=O) groups is 1. The maximum absolute atomic E-state index is 12.0. The number of hydrogen-bond donors (Lipinski definition) is 2. The van der Waals surface area contributed by atoms with E-state index in [4.69, 9.17) is 0 Å². The lowest BCUT2D eigenvalue weighted by molar-refractivity contribution is -0.123. The van der Waals surface area contributed by atoms with Gasteiger partial charge in [-0.05, 0) is 18.8 Å². The van der Waals surface area contributed by atoms with Crippen molar-refractivity contribution in [2.75, 3.05) is 37.7 Å². The van der Waals surface area contributed by atoms with Crippen molar-refractivity contribution < 1.29 is 18.3 Å². The van der Waals surface area contributed by atoms with E-state index in [0.717, 1.165) is 6.54 Å². The number of hydrogen-bond acceptors (Lipinski definition) is 5. The fourth-order valence-electron chi connectivity index (χ4n) is 3.19. The highest BCUT2D eigenvalue weighted by Crippen LogP contribution is 2.22. The molecule has 0 aromatic carbocycles. The number of carbonyl (C=O) groups excluding carboxylic acids is 1. The summed E-state index contributed by atoms with van der Waals surface area (Å²) in [7, 11) is -3.08.